The number of benzene rings is 2. The molecule has 3 aromatic rings. The fourth-order valence-electron chi connectivity index (χ4n) is 4.50. The van der Waals surface area contributed by atoms with Gasteiger partial charge < -0.3 is 21.5 Å². The van der Waals surface area contributed by atoms with E-state index in [0.29, 0.717) is 34.1 Å². The molecule has 1 amide bonds. The molecule has 0 aliphatic heterocycles. The molecule has 1 aliphatic rings. The van der Waals surface area contributed by atoms with Crippen LogP contribution in [0.25, 0.3) is 11.3 Å². The summed E-state index contributed by atoms with van der Waals surface area (Å²) in [7, 11) is 1.69. The van der Waals surface area contributed by atoms with Crippen molar-refractivity contribution in [1.82, 2.24) is 20.6 Å². The minimum atomic E-state index is -1.35. The monoisotopic (exact) mass is 613 g/mol. The number of nitrogen functional groups attached to an aromatic ring is 1. The molecule has 0 saturated heterocycles. The van der Waals surface area contributed by atoms with Gasteiger partial charge in [-0.3, -0.25) is 4.79 Å². The van der Waals surface area contributed by atoms with Gasteiger partial charge >= 0.3 is 0 Å². The summed E-state index contributed by atoms with van der Waals surface area (Å²) in [6, 6.07) is 7.65. The number of anilines is 1. The molecule has 2 aromatic carbocycles. The van der Waals surface area contributed by atoms with Crippen LogP contribution in [0.1, 0.15) is 52.8 Å². The van der Waals surface area contributed by atoms with E-state index in [4.69, 9.17) is 5.73 Å². The number of aliphatic hydroxyl groups is 1. The normalized spacial score (nSPS) is 19.9. The Hall–Kier alpha value is -2.73. The molecule has 7 nitrogen and oxygen atoms in total. The Bertz CT molecular complexity index is 1280. The van der Waals surface area contributed by atoms with E-state index in [1.165, 1.54) is 30.5 Å². The molecule has 0 spiro atoms. The Labute approximate surface area is 233 Å². The lowest BCUT2D eigenvalue weighted by Crippen LogP contribution is -2.35. The van der Waals surface area contributed by atoms with Crippen LogP contribution >= 0.6 is 28.3 Å². The van der Waals surface area contributed by atoms with Crippen LogP contribution in [0.2, 0.25) is 0 Å². The van der Waals surface area contributed by atoms with Crippen LogP contribution in [0, 0.1) is 11.6 Å². The van der Waals surface area contributed by atoms with Gasteiger partial charge in [-0.15, -0.1) is 12.4 Å². The first-order valence-corrected chi connectivity index (χ1v) is 12.6. The molecule has 1 heterocycles. The summed E-state index contributed by atoms with van der Waals surface area (Å²) >= 11 is 3.24. The van der Waals surface area contributed by atoms with Gasteiger partial charge in [0.1, 0.15) is 29.3 Å². The molecule has 38 heavy (non-hydrogen) atoms. The van der Waals surface area contributed by atoms with Crippen molar-refractivity contribution < 1.29 is 23.1 Å². The lowest BCUT2D eigenvalue weighted by molar-refractivity contribution is 0.0363. The molecular formula is C26H28BrClF3N5O2. The number of carbonyl (C=O) groups is 1. The standard InChI is InChI=1S/C26H27BrF3N5O2.ClH/c1-32-11-21(15-6-16(27)10-17(28)7-15)35-26(37)18-4-2-14(9-19(18)29)24-25(31)33-12-22(34-24)13-3-5-23(36)20(30)8-13;/h2,4,6-7,9-10,12-13,20-21,23,32,36H,3,5,8,11H2,1H3,(H2,31,33)(H,35,37);1H/t13-,20-,21+,23-;/m0./s1. The smallest absolute Gasteiger partial charge is 0.254 e. The van der Waals surface area contributed by atoms with E-state index < -0.39 is 35.9 Å². The number of hydrogen-bond donors (Lipinski definition) is 4. The third kappa shape index (κ3) is 6.82. The number of alkyl halides is 1. The molecular weight excluding hydrogens is 587 g/mol. The van der Waals surface area contributed by atoms with Crippen molar-refractivity contribution >= 4 is 40.1 Å². The second-order valence-electron chi connectivity index (χ2n) is 9.10. The van der Waals surface area contributed by atoms with E-state index in [1.807, 2.05) is 0 Å². The van der Waals surface area contributed by atoms with Gasteiger partial charge in [0.15, 0.2) is 0 Å². The van der Waals surface area contributed by atoms with Gasteiger partial charge in [0.2, 0.25) is 0 Å². The SMILES string of the molecule is CNC[C@@H](NC(=O)c1ccc(-c2nc([C@H]3CC[C@H](O)[C@@H](F)C3)cnc2N)cc1F)c1cc(F)cc(Br)c1.Cl. The van der Waals surface area contributed by atoms with Gasteiger partial charge in [-0.05, 0) is 62.2 Å². The van der Waals surface area contributed by atoms with Crippen molar-refractivity contribution in [2.24, 2.45) is 0 Å². The fourth-order valence-corrected chi connectivity index (χ4v) is 4.99. The molecule has 204 valence electrons. The quantitative estimate of drug-likeness (QED) is 0.303. The summed E-state index contributed by atoms with van der Waals surface area (Å²) in [6.45, 7) is 0.290. The Balaban J connectivity index is 0.00000400. The minimum Gasteiger partial charge on any atom is -0.390 e. The molecule has 0 bridgehead atoms. The number of likely N-dealkylation sites (N-methyl/N-ethyl adjacent to an activating group) is 1. The van der Waals surface area contributed by atoms with E-state index in [1.54, 1.807) is 13.1 Å². The van der Waals surface area contributed by atoms with Crippen molar-refractivity contribution in [3.8, 4) is 11.3 Å². The van der Waals surface area contributed by atoms with E-state index in [0.717, 1.165) is 6.07 Å². The molecule has 1 saturated carbocycles. The highest BCUT2D eigenvalue weighted by Crippen LogP contribution is 2.35. The molecule has 0 unspecified atom stereocenters. The van der Waals surface area contributed by atoms with Crippen molar-refractivity contribution in [1.29, 1.82) is 0 Å². The Morgan fingerprint density at radius 2 is 2.00 bits per heavy atom. The molecule has 1 aromatic heterocycles. The van der Waals surface area contributed by atoms with E-state index in [-0.39, 0.29) is 48.4 Å². The maximum Gasteiger partial charge on any atom is 0.254 e. The van der Waals surface area contributed by atoms with Gasteiger partial charge in [0.25, 0.3) is 5.91 Å². The lowest BCUT2D eigenvalue weighted by atomic mass is 9.84. The number of aliphatic hydroxyl groups excluding tert-OH is 1. The number of halogens is 5. The van der Waals surface area contributed by atoms with Crippen molar-refractivity contribution in [2.75, 3.05) is 19.3 Å². The van der Waals surface area contributed by atoms with Crippen LogP contribution in [-0.4, -0.2) is 46.8 Å². The van der Waals surface area contributed by atoms with Gasteiger partial charge in [-0.2, -0.15) is 0 Å². The third-order valence-electron chi connectivity index (χ3n) is 6.46. The molecule has 5 N–H and O–H groups in total. The van der Waals surface area contributed by atoms with Crippen molar-refractivity contribution in [3.05, 3.63) is 75.5 Å². The first-order chi connectivity index (χ1) is 17.7. The molecule has 4 rings (SSSR count). The zero-order valence-corrected chi connectivity index (χ0v) is 22.8. The van der Waals surface area contributed by atoms with Crippen LogP contribution in [0.15, 0.2) is 47.1 Å². The molecule has 0 radical (unpaired) electrons. The van der Waals surface area contributed by atoms with Gasteiger partial charge in [0.05, 0.1) is 29.6 Å². The lowest BCUT2D eigenvalue weighted by Gasteiger charge is -2.28. The summed E-state index contributed by atoms with van der Waals surface area (Å²) in [6.07, 6.45) is 0.105. The van der Waals surface area contributed by atoms with Gasteiger partial charge in [0, 0.05) is 22.5 Å². The minimum absolute atomic E-state index is 0. The highest BCUT2D eigenvalue weighted by Gasteiger charge is 2.31. The zero-order valence-electron chi connectivity index (χ0n) is 20.4. The predicted octanol–water partition coefficient (Wildman–Crippen LogP) is 4.85. The number of nitrogens with zero attached hydrogens (tertiary/aromatic N) is 2. The number of hydrogen-bond acceptors (Lipinski definition) is 6. The molecule has 1 aliphatic carbocycles. The van der Waals surface area contributed by atoms with Crippen LogP contribution in [0.5, 0.6) is 0 Å². The van der Waals surface area contributed by atoms with Crippen LogP contribution in [-0.2, 0) is 0 Å². The average molecular weight is 615 g/mol. The first-order valence-electron chi connectivity index (χ1n) is 11.8. The second-order valence-corrected chi connectivity index (χ2v) is 10.0. The van der Waals surface area contributed by atoms with E-state index in [9.17, 15) is 18.7 Å². The fraction of sp³-hybridized carbons (Fsp3) is 0.346. The predicted molar refractivity (Wildman–Crippen MR) is 145 cm³/mol. The maximum atomic E-state index is 15.1. The summed E-state index contributed by atoms with van der Waals surface area (Å²) in [5.74, 6) is -2.12. The molecule has 12 heteroatoms. The summed E-state index contributed by atoms with van der Waals surface area (Å²) in [4.78, 5) is 21.6. The molecule has 1 fully saturated rings. The third-order valence-corrected chi connectivity index (χ3v) is 6.92. The van der Waals surface area contributed by atoms with Crippen LogP contribution in [0.3, 0.4) is 0 Å². The van der Waals surface area contributed by atoms with E-state index >= 15 is 4.39 Å². The van der Waals surface area contributed by atoms with Crippen LogP contribution < -0.4 is 16.4 Å². The number of rotatable bonds is 7. The number of nitrogens with one attached hydrogen (secondary N) is 2. The highest BCUT2D eigenvalue weighted by molar-refractivity contribution is 9.10. The van der Waals surface area contributed by atoms with Crippen molar-refractivity contribution in [2.45, 2.75) is 43.5 Å². The highest BCUT2D eigenvalue weighted by atomic mass is 79.9. The number of nitrogens with two attached hydrogens (primary N) is 1. The van der Waals surface area contributed by atoms with Crippen molar-refractivity contribution in [3.63, 3.8) is 0 Å². The number of amides is 1. The first kappa shape index (κ1) is 29.8. The topological polar surface area (TPSA) is 113 Å². The summed E-state index contributed by atoms with van der Waals surface area (Å²) < 4.78 is 43.6. The number of aromatic nitrogens is 2. The van der Waals surface area contributed by atoms with Gasteiger partial charge in [-0.1, -0.05) is 22.0 Å². The average Bonchev–Trinajstić information content (AvgIpc) is 2.85. The maximum absolute atomic E-state index is 15.1. The number of carbonyl (C=O) groups excluding carboxylic acids is 1. The Morgan fingerprint density at radius 1 is 1.24 bits per heavy atom. The van der Waals surface area contributed by atoms with E-state index in [2.05, 4.69) is 36.5 Å². The second kappa shape index (κ2) is 12.9. The Kier molecular flexibility index (Phi) is 10.1. The van der Waals surface area contributed by atoms with Crippen LogP contribution in [0.4, 0.5) is 19.0 Å². The summed E-state index contributed by atoms with van der Waals surface area (Å²) in [5, 5.41) is 15.3. The largest absolute Gasteiger partial charge is 0.390 e. The summed E-state index contributed by atoms with van der Waals surface area (Å²) in [5.41, 5.74) is 7.36. The molecule has 4 atom stereocenters. The van der Waals surface area contributed by atoms with Gasteiger partial charge in [-0.25, -0.2) is 23.1 Å². The Morgan fingerprint density at radius 3 is 2.66 bits per heavy atom. The zero-order chi connectivity index (χ0) is 26.7.